The van der Waals surface area contributed by atoms with Crippen molar-refractivity contribution in [2.75, 3.05) is 13.1 Å². The number of nitrogens with one attached hydrogen (secondary N) is 2. The maximum Gasteiger partial charge on any atom is 0.153 e. The van der Waals surface area contributed by atoms with Gasteiger partial charge in [-0.3, -0.25) is 5.10 Å². The van der Waals surface area contributed by atoms with Crippen LogP contribution in [0.25, 0.3) is 10.9 Å². The number of rotatable bonds is 1. The summed E-state index contributed by atoms with van der Waals surface area (Å²) in [7, 11) is 0. The summed E-state index contributed by atoms with van der Waals surface area (Å²) in [5.74, 6) is -0.0163. The van der Waals surface area contributed by atoms with Crippen molar-refractivity contribution >= 4 is 22.5 Å². The number of fused-ring (bicyclic) bond motifs is 1. The summed E-state index contributed by atoms with van der Waals surface area (Å²) in [5.41, 5.74) is 1.63. The molecule has 0 atom stereocenters. The Morgan fingerprint density at radius 3 is 2.88 bits per heavy atom. The van der Waals surface area contributed by atoms with Gasteiger partial charge in [0.15, 0.2) is 5.82 Å². The largest absolute Gasteiger partial charge is 0.317 e. The van der Waals surface area contributed by atoms with Crippen LogP contribution in [-0.2, 0) is 0 Å². The average Bonchev–Trinajstić information content (AvgIpc) is 2.83. The van der Waals surface area contributed by atoms with E-state index in [1.54, 1.807) is 0 Å². The number of hydrogen-bond acceptors (Lipinski definition) is 2. The van der Waals surface area contributed by atoms with Crippen LogP contribution >= 0.6 is 11.6 Å². The fourth-order valence-electron chi connectivity index (χ4n) is 2.47. The van der Waals surface area contributed by atoms with E-state index in [2.05, 4.69) is 15.5 Å². The molecule has 2 N–H and O–H groups in total. The molecule has 0 spiro atoms. The zero-order valence-corrected chi connectivity index (χ0v) is 10.0. The third-order valence-electron chi connectivity index (χ3n) is 3.43. The Bertz CT molecular complexity index is 546. The molecule has 0 aliphatic carbocycles. The molecule has 1 aromatic heterocycles. The van der Waals surface area contributed by atoms with Crippen molar-refractivity contribution in [2.24, 2.45) is 0 Å². The number of aromatic amines is 1. The van der Waals surface area contributed by atoms with Gasteiger partial charge in [-0.2, -0.15) is 5.10 Å². The van der Waals surface area contributed by atoms with Gasteiger partial charge in [0, 0.05) is 0 Å². The molecule has 1 aliphatic heterocycles. The zero-order valence-electron chi connectivity index (χ0n) is 9.26. The van der Waals surface area contributed by atoms with Crippen molar-refractivity contribution in [2.45, 2.75) is 18.8 Å². The second-order valence-electron chi connectivity index (χ2n) is 4.45. The lowest BCUT2D eigenvalue weighted by Gasteiger charge is -2.24. The molecule has 0 radical (unpaired) electrons. The number of benzene rings is 1. The van der Waals surface area contributed by atoms with Gasteiger partial charge >= 0.3 is 0 Å². The second-order valence-corrected chi connectivity index (χ2v) is 4.83. The summed E-state index contributed by atoms with van der Waals surface area (Å²) in [6.45, 7) is 1.92. The van der Waals surface area contributed by atoms with E-state index in [-0.39, 0.29) is 10.8 Å². The highest BCUT2D eigenvalue weighted by Crippen LogP contribution is 2.35. The predicted octanol–water partition coefficient (Wildman–Crippen LogP) is 2.82. The van der Waals surface area contributed by atoms with Gasteiger partial charge in [0.1, 0.15) is 0 Å². The minimum absolute atomic E-state index is 0.255. The molecule has 1 aliphatic rings. The first-order chi connectivity index (χ1) is 8.27. The molecule has 17 heavy (non-hydrogen) atoms. The van der Waals surface area contributed by atoms with E-state index in [4.69, 9.17) is 11.6 Å². The summed E-state index contributed by atoms with van der Waals surface area (Å²) >= 11 is 6.13. The zero-order chi connectivity index (χ0) is 11.8. The van der Waals surface area contributed by atoms with Crippen LogP contribution < -0.4 is 5.32 Å². The fourth-order valence-corrected chi connectivity index (χ4v) is 2.79. The Morgan fingerprint density at radius 1 is 1.35 bits per heavy atom. The SMILES string of the molecule is Fc1c(Cl)c(C2CCNCC2)cc2[nH]ncc12. The fraction of sp³-hybridized carbons (Fsp3) is 0.417. The van der Waals surface area contributed by atoms with Crippen LogP contribution in [0.4, 0.5) is 4.39 Å². The first-order valence-corrected chi connectivity index (χ1v) is 6.17. The van der Waals surface area contributed by atoms with E-state index in [0.717, 1.165) is 37.0 Å². The molecule has 1 fully saturated rings. The highest BCUT2D eigenvalue weighted by molar-refractivity contribution is 6.32. The molecule has 3 nitrogen and oxygen atoms in total. The molecule has 3 rings (SSSR count). The van der Waals surface area contributed by atoms with Gasteiger partial charge < -0.3 is 5.32 Å². The number of nitrogens with zero attached hydrogens (tertiary/aromatic N) is 1. The highest BCUT2D eigenvalue weighted by Gasteiger charge is 2.21. The number of hydrogen-bond donors (Lipinski definition) is 2. The van der Waals surface area contributed by atoms with Crippen molar-refractivity contribution < 1.29 is 4.39 Å². The standard InChI is InChI=1S/C12H13ClFN3/c13-11-8(7-1-3-15-4-2-7)5-10-9(12(11)14)6-16-17-10/h5-7,15H,1-4H2,(H,16,17). The summed E-state index contributed by atoms with van der Waals surface area (Å²) < 4.78 is 14.0. The Hall–Kier alpha value is -1.13. The summed E-state index contributed by atoms with van der Waals surface area (Å²) in [5, 5.41) is 10.7. The van der Waals surface area contributed by atoms with Gasteiger partial charge in [0.2, 0.25) is 0 Å². The molecule has 1 saturated heterocycles. The third-order valence-corrected chi connectivity index (χ3v) is 3.81. The van der Waals surface area contributed by atoms with Crippen LogP contribution in [0, 0.1) is 5.82 Å². The topological polar surface area (TPSA) is 40.7 Å². The van der Waals surface area contributed by atoms with Crippen LogP contribution in [0.1, 0.15) is 24.3 Å². The minimum Gasteiger partial charge on any atom is -0.317 e. The molecule has 0 amide bonds. The molecule has 0 unspecified atom stereocenters. The molecular weight excluding hydrogens is 241 g/mol. The quantitative estimate of drug-likeness (QED) is 0.821. The molecule has 5 heteroatoms. The van der Waals surface area contributed by atoms with E-state index < -0.39 is 0 Å². The number of halogens is 2. The van der Waals surface area contributed by atoms with Gasteiger partial charge in [-0.05, 0) is 43.5 Å². The predicted molar refractivity (Wildman–Crippen MR) is 65.9 cm³/mol. The first kappa shape index (κ1) is 11.0. The van der Waals surface area contributed by atoms with E-state index >= 15 is 0 Å². The maximum atomic E-state index is 14.0. The van der Waals surface area contributed by atoms with Crippen molar-refractivity contribution in [1.29, 1.82) is 0 Å². The Kier molecular flexibility index (Phi) is 2.76. The highest BCUT2D eigenvalue weighted by atomic mass is 35.5. The average molecular weight is 254 g/mol. The lowest BCUT2D eigenvalue weighted by molar-refractivity contribution is 0.459. The molecular formula is C12H13ClFN3. The smallest absolute Gasteiger partial charge is 0.153 e. The molecule has 2 aromatic rings. The van der Waals surface area contributed by atoms with Crippen molar-refractivity contribution in [3.8, 4) is 0 Å². The van der Waals surface area contributed by atoms with Crippen molar-refractivity contribution in [3.63, 3.8) is 0 Å². The van der Waals surface area contributed by atoms with Crippen LogP contribution in [0.3, 0.4) is 0 Å². The summed E-state index contributed by atoms with van der Waals surface area (Å²) in [6.07, 6.45) is 3.47. The van der Waals surface area contributed by atoms with Crippen LogP contribution in [0.2, 0.25) is 5.02 Å². The van der Waals surface area contributed by atoms with Crippen molar-refractivity contribution in [3.05, 3.63) is 28.7 Å². The van der Waals surface area contributed by atoms with Crippen LogP contribution in [0.5, 0.6) is 0 Å². The molecule has 0 bridgehead atoms. The molecule has 90 valence electrons. The first-order valence-electron chi connectivity index (χ1n) is 5.79. The normalized spacial score (nSPS) is 17.8. The van der Waals surface area contributed by atoms with Gasteiger partial charge in [-0.1, -0.05) is 11.6 Å². The molecule has 1 aromatic carbocycles. The molecule has 0 saturated carbocycles. The Labute approximate surface area is 103 Å². The van der Waals surface area contributed by atoms with Gasteiger partial charge in [-0.15, -0.1) is 0 Å². The van der Waals surface area contributed by atoms with E-state index in [0.29, 0.717) is 11.3 Å². The maximum absolute atomic E-state index is 14.0. The minimum atomic E-state index is -0.355. The lowest BCUT2D eigenvalue weighted by atomic mass is 9.89. The summed E-state index contributed by atoms with van der Waals surface area (Å²) in [4.78, 5) is 0. The number of aromatic nitrogens is 2. The second kappa shape index (κ2) is 4.27. The van der Waals surface area contributed by atoms with E-state index in [1.807, 2.05) is 6.07 Å². The van der Waals surface area contributed by atoms with E-state index in [9.17, 15) is 4.39 Å². The Morgan fingerprint density at radius 2 is 2.12 bits per heavy atom. The van der Waals surface area contributed by atoms with Gasteiger partial charge in [-0.25, -0.2) is 4.39 Å². The molecule has 2 heterocycles. The van der Waals surface area contributed by atoms with Gasteiger partial charge in [0.05, 0.1) is 22.1 Å². The monoisotopic (exact) mass is 253 g/mol. The lowest BCUT2D eigenvalue weighted by Crippen LogP contribution is -2.26. The van der Waals surface area contributed by atoms with Crippen molar-refractivity contribution in [1.82, 2.24) is 15.5 Å². The number of H-pyrrole nitrogens is 1. The Balaban J connectivity index is 2.11. The van der Waals surface area contributed by atoms with Gasteiger partial charge in [0.25, 0.3) is 0 Å². The van der Waals surface area contributed by atoms with Crippen LogP contribution in [-0.4, -0.2) is 23.3 Å². The van der Waals surface area contributed by atoms with Crippen LogP contribution in [0.15, 0.2) is 12.3 Å². The third kappa shape index (κ3) is 1.81. The van der Waals surface area contributed by atoms with E-state index in [1.165, 1.54) is 6.20 Å². The summed E-state index contributed by atoms with van der Waals surface area (Å²) in [6, 6.07) is 1.93. The number of piperidine rings is 1.